The topological polar surface area (TPSA) is 92.2 Å². The lowest BCUT2D eigenvalue weighted by Crippen LogP contribution is -2.23. The maximum Gasteiger partial charge on any atom is 0.335 e. The number of nitrogens with one attached hydrogen (secondary N) is 1. The number of rotatable bonds is 2. The molecule has 1 aromatic heterocycles. The molecule has 6 nitrogen and oxygen atoms in total. The Morgan fingerprint density at radius 3 is 2.70 bits per heavy atom. The molecule has 1 aliphatic heterocycles. The third-order valence-corrected chi connectivity index (χ3v) is 4.58. The molecule has 114 valence electrons. The van der Waals surface area contributed by atoms with Crippen LogP contribution in [0.15, 0.2) is 36.4 Å². The number of fused-ring (bicyclic) bond motifs is 3. The zero-order chi connectivity index (χ0) is 16.0. The highest BCUT2D eigenvalue weighted by atomic mass is 32.1. The van der Waals surface area contributed by atoms with E-state index in [-0.39, 0.29) is 17.4 Å². The largest absolute Gasteiger partial charge is 0.478 e. The molecule has 0 radical (unpaired) electrons. The maximum atomic E-state index is 12.0. The van der Waals surface area contributed by atoms with E-state index in [2.05, 4.69) is 14.1 Å². The minimum Gasteiger partial charge on any atom is -0.478 e. The van der Waals surface area contributed by atoms with E-state index in [1.54, 1.807) is 24.3 Å². The number of amides is 1. The Morgan fingerprint density at radius 2 is 1.96 bits per heavy atom. The molecule has 1 amide bonds. The van der Waals surface area contributed by atoms with Gasteiger partial charge in [0, 0.05) is 23.6 Å². The molecule has 2 N–H and O–H groups in total. The molecular formula is C16H11N3O3S. The quantitative estimate of drug-likeness (QED) is 0.756. The number of hydrogen-bond donors (Lipinski definition) is 2. The van der Waals surface area contributed by atoms with Gasteiger partial charge in [0.2, 0.25) is 5.91 Å². The van der Waals surface area contributed by atoms with Crippen LogP contribution in [-0.4, -0.2) is 25.7 Å². The molecule has 23 heavy (non-hydrogen) atoms. The van der Waals surface area contributed by atoms with Gasteiger partial charge in [-0.05, 0) is 29.8 Å². The Bertz CT molecular complexity index is 933. The van der Waals surface area contributed by atoms with Crippen LogP contribution in [0.25, 0.3) is 11.0 Å². The Hall–Kier alpha value is -2.80. The molecule has 0 fully saturated rings. The number of nitrogens with zero attached hydrogens (tertiary/aromatic N) is 2. The smallest absolute Gasteiger partial charge is 0.335 e. The van der Waals surface area contributed by atoms with E-state index in [1.165, 1.54) is 0 Å². The van der Waals surface area contributed by atoms with Crippen molar-refractivity contribution >= 4 is 40.3 Å². The van der Waals surface area contributed by atoms with Crippen LogP contribution in [0.4, 0.5) is 5.69 Å². The van der Waals surface area contributed by atoms with Gasteiger partial charge in [-0.3, -0.25) is 4.79 Å². The number of aromatic nitrogens is 2. The molecule has 0 saturated heterocycles. The van der Waals surface area contributed by atoms with Gasteiger partial charge in [-0.2, -0.15) is 8.75 Å². The van der Waals surface area contributed by atoms with E-state index in [4.69, 9.17) is 5.11 Å². The third kappa shape index (κ3) is 2.25. The van der Waals surface area contributed by atoms with E-state index < -0.39 is 5.97 Å². The first kappa shape index (κ1) is 13.8. The second kappa shape index (κ2) is 5.13. The average molecular weight is 325 g/mol. The summed E-state index contributed by atoms with van der Waals surface area (Å²) in [5.74, 6) is -1.19. The first-order chi connectivity index (χ1) is 11.1. The second-order valence-electron chi connectivity index (χ2n) is 5.39. The average Bonchev–Trinajstić information content (AvgIpc) is 3.02. The predicted molar refractivity (Wildman–Crippen MR) is 85.9 cm³/mol. The van der Waals surface area contributed by atoms with Crippen molar-refractivity contribution < 1.29 is 14.7 Å². The van der Waals surface area contributed by atoms with Gasteiger partial charge in [-0.1, -0.05) is 12.1 Å². The fourth-order valence-corrected chi connectivity index (χ4v) is 3.51. The van der Waals surface area contributed by atoms with Gasteiger partial charge in [-0.25, -0.2) is 4.79 Å². The first-order valence-electron chi connectivity index (χ1n) is 7.02. The molecule has 0 unspecified atom stereocenters. The van der Waals surface area contributed by atoms with Crippen LogP contribution in [0.3, 0.4) is 0 Å². The fourth-order valence-electron chi connectivity index (χ4n) is 2.96. The molecule has 0 aliphatic carbocycles. The van der Waals surface area contributed by atoms with Crippen molar-refractivity contribution in [1.29, 1.82) is 0 Å². The zero-order valence-corrected chi connectivity index (χ0v) is 12.6. The zero-order valence-electron chi connectivity index (χ0n) is 11.8. The van der Waals surface area contributed by atoms with Crippen LogP contribution in [0.2, 0.25) is 0 Å². The van der Waals surface area contributed by atoms with Crippen molar-refractivity contribution in [2.24, 2.45) is 0 Å². The summed E-state index contributed by atoms with van der Waals surface area (Å²) in [6.07, 6.45) is 0.302. The number of carbonyl (C=O) groups excluding carboxylic acids is 1. The van der Waals surface area contributed by atoms with Crippen molar-refractivity contribution in [3.63, 3.8) is 0 Å². The van der Waals surface area contributed by atoms with Crippen LogP contribution in [-0.2, 0) is 4.79 Å². The van der Waals surface area contributed by atoms with Gasteiger partial charge in [0.15, 0.2) is 0 Å². The number of carboxylic acids is 1. The monoisotopic (exact) mass is 325 g/mol. The van der Waals surface area contributed by atoms with Crippen molar-refractivity contribution in [3.05, 3.63) is 53.1 Å². The normalized spacial score (nSPS) is 16.9. The highest BCUT2D eigenvalue weighted by Gasteiger charge is 2.29. The van der Waals surface area contributed by atoms with E-state index in [1.807, 2.05) is 12.1 Å². The molecule has 4 rings (SSSR count). The van der Waals surface area contributed by atoms with Gasteiger partial charge in [-0.15, -0.1) is 0 Å². The standard InChI is InChI=1S/C16H11N3O3S/c20-13-7-10(8-1-3-9(4-2-8)16(21)22)14-11(17-13)5-6-12-15(14)19-23-18-12/h1-6,10H,7H2,(H,17,20)(H,21,22)/t10-/m0/s1. The first-order valence-corrected chi connectivity index (χ1v) is 7.75. The van der Waals surface area contributed by atoms with Gasteiger partial charge in [0.05, 0.1) is 17.3 Å². The molecule has 0 spiro atoms. The lowest BCUT2D eigenvalue weighted by molar-refractivity contribution is -0.116. The minimum atomic E-state index is -0.968. The highest BCUT2D eigenvalue weighted by molar-refractivity contribution is 7.00. The Kier molecular flexibility index (Phi) is 3.09. The summed E-state index contributed by atoms with van der Waals surface area (Å²) in [4.78, 5) is 23.0. The molecule has 0 bridgehead atoms. The summed E-state index contributed by atoms with van der Waals surface area (Å²) in [6.45, 7) is 0. The summed E-state index contributed by atoms with van der Waals surface area (Å²) >= 11 is 1.14. The number of hydrogen-bond acceptors (Lipinski definition) is 5. The van der Waals surface area contributed by atoms with Gasteiger partial charge < -0.3 is 10.4 Å². The molecule has 7 heteroatoms. The third-order valence-electron chi connectivity index (χ3n) is 4.04. The highest BCUT2D eigenvalue weighted by Crippen LogP contribution is 2.40. The summed E-state index contributed by atoms with van der Waals surface area (Å²) in [5, 5.41) is 11.9. The van der Waals surface area contributed by atoms with Crippen molar-refractivity contribution in [2.45, 2.75) is 12.3 Å². The molecule has 3 aromatic rings. The summed E-state index contributed by atoms with van der Waals surface area (Å²) in [7, 11) is 0. The molecular weight excluding hydrogens is 314 g/mol. The Labute approximate surface area is 135 Å². The summed E-state index contributed by atoms with van der Waals surface area (Å²) in [5.41, 5.74) is 4.40. The van der Waals surface area contributed by atoms with E-state index in [0.29, 0.717) is 6.42 Å². The lowest BCUT2D eigenvalue weighted by atomic mass is 9.84. The molecule has 2 heterocycles. The van der Waals surface area contributed by atoms with Gasteiger partial charge in [0.25, 0.3) is 0 Å². The van der Waals surface area contributed by atoms with Crippen LogP contribution in [0, 0.1) is 0 Å². The van der Waals surface area contributed by atoms with E-state index in [9.17, 15) is 9.59 Å². The van der Waals surface area contributed by atoms with E-state index in [0.717, 1.165) is 39.6 Å². The minimum absolute atomic E-state index is 0.0626. The van der Waals surface area contributed by atoms with Crippen LogP contribution in [0.1, 0.15) is 33.8 Å². The van der Waals surface area contributed by atoms with Crippen molar-refractivity contribution in [3.8, 4) is 0 Å². The molecule has 0 saturated carbocycles. The number of aromatic carboxylic acids is 1. The van der Waals surface area contributed by atoms with E-state index >= 15 is 0 Å². The number of carboxylic acid groups (broad SMARTS) is 1. The Morgan fingerprint density at radius 1 is 1.17 bits per heavy atom. The van der Waals surface area contributed by atoms with Crippen molar-refractivity contribution in [1.82, 2.24) is 8.75 Å². The lowest BCUT2D eigenvalue weighted by Gasteiger charge is -2.26. The van der Waals surface area contributed by atoms with Gasteiger partial charge in [0.1, 0.15) is 11.0 Å². The maximum absolute atomic E-state index is 12.0. The number of benzene rings is 2. The molecule has 1 atom stereocenters. The molecule has 2 aromatic carbocycles. The second-order valence-corrected chi connectivity index (χ2v) is 5.92. The summed E-state index contributed by atoms with van der Waals surface area (Å²) in [6, 6.07) is 10.3. The van der Waals surface area contributed by atoms with Gasteiger partial charge >= 0.3 is 5.97 Å². The summed E-state index contributed by atoms with van der Waals surface area (Å²) < 4.78 is 8.62. The Balaban J connectivity index is 1.88. The van der Waals surface area contributed by atoms with Crippen molar-refractivity contribution in [2.75, 3.05) is 5.32 Å². The molecule has 1 aliphatic rings. The van der Waals surface area contributed by atoms with Crippen LogP contribution in [0.5, 0.6) is 0 Å². The number of anilines is 1. The number of carbonyl (C=O) groups is 2. The fraction of sp³-hybridized carbons (Fsp3) is 0.125. The van der Waals surface area contributed by atoms with Crippen LogP contribution < -0.4 is 5.32 Å². The SMILES string of the molecule is O=C1C[C@@H](c2ccc(C(=O)O)cc2)c2c(ccc3nsnc23)N1. The van der Waals surface area contributed by atoms with Crippen LogP contribution >= 0.6 is 11.7 Å². The predicted octanol–water partition coefficient (Wildman–Crippen LogP) is 2.86.